The van der Waals surface area contributed by atoms with E-state index in [0.717, 1.165) is 0 Å². The lowest BCUT2D eigenvalue weighted by atomic mass is 10.2. The van der Waals surface area contributed by atoms with Crippen molar-refractivity contribution in [2.45, 2.75) is 26.4 Å². The van der Waals surface area contributed by atoms with Crippen LogP contribution in [0.15, 0.2) is 24.3 Å². The predicted molar refractivity (Wildman–Crippen MR) is 90.3 cm³/mol. The molecule has 0 bridgehead atoms. The van der Waals surface area contributed by atoms with Crippen molar-refractivity contribution in [3.05, 3.63) is 24.3 Å². The molecule has 136 valence electrons. The zero-order valence-corrected chi connectivity index (χ0v) is 14.6. The van der Waals surface area contributed by atoms with Crippen molar-refractivity contribution < 1.29 is 23.8 Å². The van der Waals surface area contributed by atoms with Crippen LogP contribution in [-0.4, -0.2) is 43.9 Å². The number of carbonyl (C=O) groups is 2. The van der Waals surface area contributed by atoms with Crippen molar-refractivity contribution in [1.29, 1.82) is 5.26 Å². The number of nitrogens with zero attached hydrogens (tertiary/aromatic N) is 1. The van der Waals surface area contributed by atoms with Gasteiger partial charge in [0.25, 0.3) is 5.91 Å². The zero-order chi connectivity index (χ0) is 18.7. The monoisotopic (exact) mass is 349 g/mol. The minimum Gasteiger partial charge on any atom is -0.484 e. The summed E-state index contributed by atoms with van der Waals surface area (Å²) in [5.74, 6) is 0.618. The van der Waals surface area contributed by atoms with E-state index in [1.54, 1.807) is 45.0 Å². The Morgan fingerprint density at radius 3 is 2.40 bits per heavy atom. The molecule has 0 saturated heterocycles. The molecule has 0 aliphatic heterocycles. The predicted octanol–water partition coefficient (Wildman–Crippen LogP) is 1.61. The molecule has 1 rings (SSSR count). The molecular formula is C17H23N3O5. The summed E-state index contributed by atoms with van der Waals surface area (Å²) < 4.78 is 15.6. The molecule has 0 aliphatic rings. The van der Waals surface area contributed by atoms with Gasteiger partial charge in [-0.3, -0.25) is 4.79 Å². The number of amides is 2. The number of carbonyl (C=O) groups excluding carboxylic acids is 2. The Morgan fingerprint density at radius 1 is 1.12 bits per heavy atom. The summed E-state index contributed by atoms with van der Waals surface area (Å²) in [5, 5.41) is 13.6. The average molecular weight is 349 g/mol. The number of nitrogens with one attached hydrogen (secondary N) is 2. The Balaban J connectivity index is 2.23. The number of nitriles is 1. The first kappa shape index (κ1) is 20.1. The second-order valence-corrected chi connectivity index (χ2v) is 5.99. The first-order valence-corrected chi connectivity index (χ1v) is 7.76. The van der Waals surface area contributed by atoms with E-state index in [1.807, 2.05) is 6.07 Å². The maximum Gasteiger partial charge on any atom is 0.407 e. The zero-order valence-electron chi connectivity index (χ0n) is 14.6. The number of alkyl carbamates (subject to hydrolysis) is 1. The summed E-state index contributed by atoms with van der Waals surface area (Å²) in [6, 6.07) is 8.52. The molecule has 0 aliphatic carbocycles. The first-order chi connectivity index (χ1) is 11.8. The van der Waals surface area contributed by atoms with Gasteiger partial charge in [0.15, 0.2) is 13.2 Å². The van der Waals surface area contributed by atoms with Crippen LogP contribution >= 0.6 is 0 Å². The fourth-order valence-corrected chi connectivity index (χ4v) is 1.65. The molecule has 0 aromatic heterocycles. The highest BCUT2D eigenvalue weighted by Crippen LogP contribution is 2.19. The molecule has 25 heavy (non-hydrogen) atoms. The van der Waals surface area contributed by atoms with Crippen LogP contribution in [0.5, 0.6) is 11.5 Å². The maximum absolute atomic E-state index is 11.7. The summed E-state index contributed by atoms with van der Waals surface area (Å²) in [4.78, 5) is 23.1. The Labute approximate surface area is 147 Å². The van der Waals surface area contributed by atoms with E-state index >= 15 is 0 Å². The molecule has 2 N–H and O–H groups in total. The van der Waals surface area contributed by atoms with Crippen LogP contribution in [0.3, 0.4) is 0 Å². The van der Waals surface area contributed by atoms with Crippen molar-refractivity contribution in [1.82, 2.24) is 10.6 Å². The number of ether oxygens (including phenoxy) is 3. The lowest BCUT2D eigenvalue weighted by molar-refractivity contribution is -0.123. The van der Waals surface area contributed by atoms with E-state index in [9.17, 15) is 9.59 Å². The molecule has 2 amide bonds. The molecule has 0 heterocycles. The highest BCUT2D eigenvalue weighted by atomic mass is 16.6. The second kappa shape index (κ2) is 10.0. The maximum atomic E-state index is 11.7. The molecule has 1 aromatic rings. The Morgan fingerprint density at radius 2 is 1.76 bits per heavy atom. The molecule has 0 radical (unpaired) electrons. The third kappa shape index (κ3) is 9.71. The van der Waals surface area contributed by atoms with Crippen LogP contribution in [0, 0.1) is 11.3 Å². The van der Waals surface area contributed by atoms with E-state index in [1.165, 1.54) is 0 Å². The molecule has 8 nitrogen and oxygen atoms in total. The van der Waals surface area contributed by atoms with E-state index < -0.39 is 11.7 Å². The molecule has 0 unspecified atom stereocenters. The summed E-state index contributed by atoms with van der Waals surface area (Å²) in [7, 11) is 0. The van der Waals surface area contributed by atoms with Gasteiger partial charge in [-0.05, 0) is 32.9 Å². The topological polar surface area (TPSA) is 110 Å². The van der Waals surface area contributed by atoms with Crippen molar-refractivity contribution in [3.8, 4) is 17.6 Å². The smallest absolute Gasteiger partial charge is 0.407 e. The van der Waals surface area contributed by atoms with Crippen molar-refractivity contribution in [2.75, 3.05) is 26.3 Å². The Bertz CT molecular complexity index is 619. The van der Waals surface area contributed by atoms with Crippen LogP contribution in [0.4, 0.5) is 4.79 Å². The van der Waals surface area contributed by atoms with Crippen molar-refractivity contribution in [2.24, 2.45) is 0 Å². The Hall–Kier alpha value is -2.95. The average Bonchev–Trinajstić information content (AvgIpc) is 2.54. The summed E-state index contributed by atoms with van der Waals surface area (Å²) in [6.07, 6.45) is -0.535. The van der Waals surface area contributed by atoms with Gasteiger partial charge < -0.3 is 24.8 Å². The van der Waals surface area contributed by atoms with Crippen molar-refractivity contribution >= 4 is 12.0 Å². The van der Waals surface area contributed by atoms with Crippen LogP contribution in [0.1, 0.15) is 20.8 Å². The number of hydrogen-bond acceptors (Lipinski definition) is 6. The van der Waals surface area contributed by atoms with Gasteiger partial charge in [-0.2, -0.15) is 5.26 Å². The van der Waals surface area contributed by atoms with Gasteiger partial charge in [-0.15, -0.1) is 0 Å². The van der Waals surface area contributed by atoms with Crippen LogP contribution in [-0.2, 0) is 9.53 Å². The molecule has 0 atom stereocenters. The third-order valence-electron chi connectivity index (χ3n) is 2.59. The van der Waals surface area contributed by atoms with E-state index in [2.05, 4.69) is 10.6 Å². The minimum atomic E-state index is -0.563. The summed E-state index contributed by atoms with van der Waals surface area (Å²) >= 11 is 0. The SMILES string of the molecule is CC(C)(C)OC(=O)NCCNC(=O)COc1cccc(OCC#N)c1. The van der Waals surface area contributed by atoms with E-state index in [-0.39, 0.29) is 32.2 Å². The summed E-state index contributed by atoms with van der Waals surface area (Å²) in [6.45, 7) is 5.58. The van der Waals surface area contributed by atoms with Gasteiger partial charge in [0, 0.05) is 19.2 Å². The molecular weight excluding hydrogens is 326 g/mol. The number of hydrogen-bond donors (Lipinski definition) is 2. The van der Waals surface area contributed by atoms with Crippen LogP contribution < -0.4 is 20.1 Å². The molecule has 8 heteroatoms. The third-order valence-corrected chi connectivity index (χ3v) is 2.59. The van der Waals surface area contributed by atoms with Gasteiger partial charge >= 0.3 is 6.09 Å². The fourth-order valence-electron chi connectivity index (χ4n) is 1.65. The number of benzene rings is 1. The molecule has 0 saturated carbocycles. The van der Waals surface area contributed by atoms with Gasteiger partial charge in [0.05, 0.1) is 0 Å². The normalized spacial score (nSPS) is 10.3. The largest absolute Gasteiger partial charge is 0.484 e. The highest BCUT2D eigenvalue weighted by molar-refractivity contribution is 5.77. The van der Waals surface area contributed by atoms with Gasteiger partial charge in [0.2, 0.25) is 0 Å². The van der Waals surface area contributed by atoms with Gasteiger partial charge in [-0.1, -0.05) is 6.07 Å². The van der Waals surface area contributed by atoms with Crippen LogP contribution in [0.2, 0.25) is 0 Å². The first-order valence-electron chi connectivity index (χ1n) is 7.76. The van der Waals surface area contributed by atoms with Gasteiger partial charge in [0.1, 0.15) is 23.2 Å². The number of rotatable bonds is 8. The molecule has 0 fully saturated rings. The van der Waals surface area contributed by atoms with Crippen molar-refractivity contribution in [3.63, 3.8) is 0 Å². The molecule has 0 spiro atoms. The lowest BCUT2D eigenvalue weighted by Gasteiger charge is -2.19. The van der Waals surface area contributed by atoms with Gasteiger partial charge in [-0.25, -0.2) is 4.79 Å². The lowest BCUT2D eigenvalue weighted by Crippen LogP contribution is -2.39. The van der Waals surface area contributed by atoms with Crippen LogP contribution in [0.25, 0.3) is 0 Å². The quantitative estimate of drug-likeness (QED) is 0.690. The standard InChI is InChI=1S/C17H23N3O5/c1-17(2,3)25-16(22)20-9-8-19-15(21)12-24-14-6-4-5-13(11-14)23-10-7-18/h4-6,11H,8-10,12H2,1-3H3,(H,19,21)(H,20,22). The minimum absolute atomic E-state index is 0.0609. The second-order valence-electron chi connectivity index (χ2n) is 5.99. The van der Waals surface area contributed by atoms with E-state index in [0.29, 0.717) is 11.5 Å². The fraction of sp³-hybridized carbons (Fsp3) is 0.471. The van der Waals surface area contributed by atoms with E-state index in [4.69, 9.17) is 19.5 Å². The highest BCUT2D eigenvalue weighted by Gasteiger charge is 2.15. The molecule has 1 aromatic carbocycles. The summed E-state index contributed by atoms with van der Waals surface area (Å²) in [5.41, 5.74) is -0.563. The Kier molecular flexibility index (Phi) is 8.06.